The van der Waals surface area contributed by atoms with Gasteiger partial charge in [-0.2, -0.15) is 13.2 Å². The highest BCUT2D eigenvalue weighted by molar-refractivity contribution is 6.33. The van der Waals surface area contributed by atoms with E-state index in [2.05, 4.69) is 5.16 Å². The fourth-order valence-electron chi connectivity index (χ4n) is 0.870. The molecule has 0 aliphatic rings. The number of oxime groups is 1. The van der Waals surface area contributed by atoms with Crippen LogP contribution in [-0.2, 0) is 6.18 Å². The Kier molecular flexibility index (Phi) is 3.00. The van der Waals surface area contributed by atoms with Crippen molar-refractivity contribution in [1.82, 2.24) is 0 Å². The molecule has 2 nitrogen and oxygen atoms in total. The summed E-state index contributed by atoms with van der Waals surface area (Å²) in [7, 11) is 0. The number of alkyl halides is 3. The lowest BCUT2D eigenvalue weighted by atomic mass is 10.1. The molecule has 0 heterocycles. The predicted molar refractivity (Wildman–Crippen MR) is 45.8 cm³/mol. The molecule has 0 fully saturated rings. The zero-order chi connectivity index (χ0) is 10.8. The van der Waals surface area contributed by atoms with E-state index >= 15 is 0 Å². The average molecular weight is 224 g/mol. The maximum atomic E-state index is 12.1. The first kappa shape index (κ1) is 10.8. The number of hydrogen-bond donors (Lipinski definition) is 1. The molecule has 0 saturated carbocycles. The summed E-state index contributed by atoms with van der Waals surface area (Å²) in [5.74, 6) is 0. The molecule has 0 unspecified atom stereocenters. The molecule has 76 valence electrons. The first-order valence-electron chi connectivity index (χ1n) is 3.49. The highest BCUT2D eigenvalue weighted by Crippen LogP contribution is 2.31. The van der Waals surface area contributed by atoms with Gasteiger partial charge >= 0.3 is 6.18 Å². The number of benzene rings is 1. The molecule has 1 N–H and O–H groups in total. The third-order valence-electron chi connectivity index (χ3n) is 1.52. The Hall–Kier alpha value is -1.23. The molecular formula is C8H5ClF3NO. The summed E-state index contributed by atoms with van der Waals surface area (Å²) in [5, 5.41) is 10.7. The molecule has 0 aliphatic heterocycles. The predicted octanol–water partition coefficient (Wildman–Crippen LogP) is 3.17. The van der Waals surface area contributed by atoms with Crippen LogP contribution < -0.4 is 0 Å². The molecular weight excluding hydrogens is 219 g/mol. The van der Waals surface area contributed by atoms with E-state index in [-0.39, 0.29) is 10.6 Å². The quantitative estimate of drug-likeness (QED) is 0.443. The first-order valence-corrected chi connectivity index (χ1v) is 3.87. The van der Waals surface area contributed by atoms with Crippen LogP contribution in [0.3, 0.4) is 0 Å². The number of halogens is 4. The molecule has 1 aromatic rings. The van der Waals surface area contributed by atoms with E-state index in [0.29, 0.717) is 0 Å². The van der Waals surface area contributed by atoms with Crippen molar-refractivity contribution in [3.63, 3.8) is 0 Å². The summed E-state index contributed by atoms with van der Waals surface area (Å²) in [6, 6.07) is 2.77. The lowest BCUT2D eigenvalue weighted by Crippen LogP contribution is -2.04. The van der Waals surface area contributed by atoms with Gasteiger partial charge in [0.15, 0.2) is 0 Å². The normalized spacial score (nSPS) is 12.3. The van der Waals surface area contributed by atoms with Crippen LogP contribution in [-0.4, -0.2) is 11.4 Å². The highest BCUT2D eigenvalue weighted by Gasteiger charge is 2.30. The van der Waals surface area contributed by atoms with Gasteiger partial charge in [-0.25, -0.2) is 0 Å². The first-order chi connectivity index (χ1) is 6.45. The average Bonchev–Trinajstić information content (AvgIpc) is 2.07. The van der Waals surface area contributed by atoms with E-state index in [4.69, 9.17) is 16.8 Å². The fourth-order valence-corrected chi connectivity index (χ4v) is 1.10. The Morgan fingerprint density at radius 3 is 2.43 bits per heavy atom. The van der Waals surface area contributed by atoms with Crippen molar-refractivity contribution >= 4 is 17.8 Å². The lowest BCUT2D eigenvalue weighted by molar-refractivity contribution is -0.137. The second-order valence-electron chi connectivity index (χ2n) is 2.48. The smallest absolute Gasteiger partial charge is 0.411 e. The van der Waals surface area contributed by atoms with E-state index in [0.717, 1.165) is 24.4 Å². The van der Waals surface area contributed by atoms with E-state index in [1.807, 2.05) is 0 Å². The van der Waals surface area contributed by atoms with Crippen LogP contribution in [0.25, 0.3) is 0 Å². The van der Waals surface area contributed by atoms with E-state index in [1.165, 1.54) is 0 Å². The molecule has 1 aromatic carbocycles. The van der Waals surface area contributed by atoms with Gasteiger partial charge in [0.05, 0.1) is 16.8 Å². The molecule has 0 aromatic heterocycles. The minimum Gasteiger partial charge on any atom is -0.411 e. The molecule has 0 amide bonds. The van der Waals surface area contributed by atoms with Crippen molar-refractivity contribution in [2.45, 2.75) is 6.18 Å². The summed E-state index contributed by atoms with van der Waals surface area (Å²) in [6.07, 6.45) is -3.46. The van der Waals surface area contributed by atoms with Crippen molar-refractivity contribution in [2.24, 2.45) is 5.16 Å². The summed E-state index contributed by atoms with van der Waals surface area (Å²) in [6.45, 7) is 0. The van der Waals surface area contributed by atoms with Gasteiger partial charge in [0, 0.05) is 5.56 Å². The standard InChI is InChI=1S/C8H5ClF3NO/c9-7-3-6(8(10,11)12)2-1-5(7)4-13-14/h1-4,14H. The van der Waals surface area contributed by atoms with Crippen molar-refractivity contribution in [2.75, 3.05) is 0 Å². The Labute approximate surface area is 82.6 Å². The number of nitrogens with zero attached hydrogens (tertiary/aromatic N) is 1. The molecule has 0 radical (unpaired) electrons. The fraction of sp³-hybridized carbons (Fsp3) is 0.125. The second-order valence-corrected chi connectivity index (χ2v) is 2.89. The van der Waals surface area contributed by atoms with Crippen LogP contribution in [0.4, 0.5) is 13.2 Å². The van der Waals surface area contributed by atoms with Crippen LogP contribution in [0.1, 0.15) is 11.1 Å². The van der Waals surface area contributed by atoms with Gasteiger partial charge in [0.2, 0.25) is 0 Å². The third kappa shape index (κ3) is 2.38. The van der Waals surface area contributed by atoms with Crippen molar-refractivity contribution < 1.29 is 18.4 Å². The van der Waals surface area contributed by atoms with Crippen LogP contribution in [0.5, 0.6) is 0 Å². The van der Waals surface area contributed by atoms with Crippen LogP contribution in [0, 0.1) is 0 Å². The van der Waals surface area contributed by atoms with Crippen LogP contribution in [0.2, 0.25) is 5.02 Å². The molecule has 0 aliphatic carbocycles. The maximum absolute atomic E-state index is 12.1. The zero-order valence-corrected chi connectivity index (χ0v) is 7.47. The Morgan fingerprint density at radius 1 is 1.36 bits per heavy atom. The zero-order valence-electron chi connectivity index (χ0n) is 6.72. The Bertz CT molecular complexity index is 362. The van der Waals surface area contributed by atoms with E-state index in [1.54, 1.807) is 0 Å². The Balaban J connectivity index is 3.13. The lowest BCUT2D eigenvalue weighted by Gasteiger charge is -2.07. The van der Waals surface area contributed by atoms with E-state index < -0.39 is 11.7 Å². The van der Waals surface area contributed by atoms with Gasteiger partial charge in [-0.05, 0) is 12.1 Å². The van der Waals surface area contributed by atoms with Crippen LogP contribution in [0.15, 0.2) is 23.4 Å². The van der Waals surface area contributed by atoms with Crippen molar-refractivity contribution in [3.8, 4) is 0 Å². The van der Waals surface area contributed by atoms with Crippen molar-refractivity contribution in [3.05, 3.63) is 34.3 Å². The number of hydrogen-bond acceptors (Lipinski definition) is 2. The molecule has 0 bridgehead atoms. The highest BCUT2D eigenvalue weighted by atomic mass is 35.5. The second kappa shape index (κ2) is 3.88. The summed E-state index contributed by atoms with van der Waals surface area (Å²) in [5.41, 5.74) is -0.611. The minimum absolute atomic E-state index is 0.113. The third-order valence-corrected chi connectivity index (χ3v) is 1.85. The molecule has 6 heteroatoms. The summed E-state index contributed by atoms with van der Waals surface area (Å²) in [4.78, 5) is 0. The van der Waals surface area contributed by atoms with Gasteiger partial charge in [0.25, 0.3) is 0 Å². The minimum atomic E-state index is -4.42. The largest absolute Gasteiger partial charge is 0.416 e. The SMILES string of the molecule is ON=Cc1ccc(C(F)(F)F)cc1Cl. The van der Waals surface area contributed by atoms with Crippen molar-refractivity contribution in [1.29, 1.82) is 0 Å². The molecule has 0 spiro atoms. The molecule has 1 rings (SSSR count). The topological polar surface area (TPSA) is 32.6 Å². The van der Waals surface area contributed by atoms with Gasteiger partial charge < -0.3 is 5.21 Å². The van der Waals surface area contributed by atoms with Gasteiger partial charge in [-0.15, -0.1) is 0 Å². The van der Waals surface area contributed by atoms with E-state index in [9.17, 15) is 13.2 Å². The molecule has 0 atom stereocenters. The summed E-state index contributed by atoms with van der Waals surface area (Å²) < 4.78 is 36.4. The molecule has 0 saturated heterocycles. The molecule has 14 heavy (non-hydrogen) atoms. The monoisotopic (exact) mass is 223 g/mol. The number of rotatable bonds is 1. The maximum Gasteiger partial charge on any atom is 0.416 e. The van der Waals surface area contributed by atoms with Gasteiger partial charge in [-0.3, -0.25) is 0 Å². The van der Waals surface area contributed by atoms with Gasteiger partial charge in [0.1, 0.15) is 0 Å². The van der Waals surface area contributed by atoms with Gasteiger partial charge in [-0.1, -0.05) is 22.8 Å². The van der Waals surface area contributed by atoms with Crippen LogP contribution >= 0.6 is 11.6 Å². The Morgan fingerprint density at radius 2 is 2.00 bits per heavy atom. The summed E-state index contributed by atoms with van der Waals surface area (Å²) >= 11 is 5.51.